The van der Waals surface area contributed by atoms with Crippen LogP contribution in [-0.2, 0) is 0 Å². The van der Waals surface area contributed by atoms with E-state index in [2.05, 4.69) is 21.7 Å². The predicted molar refractivity (Wildman–Crippen MR) is 64.6 cm³/mol. The van der Waals surface area contributed by atoms with E-state index in [-0.39, 0.29) is 6.04 Å². The number of nitrogens with zero attached hydrogens (tertiary/aromatic N) is 2. The number of rotatable bonds is 1. The summed E-state index contributed by atoms with van der Waals surface area (Å²) >= 11 is 0. The molecule has 1 fully saturated rings. The first-order valence-corrected chi connectivity index (χ1v) is 6.13. The highest BCUT2D eigenvalue weighted by Crippen LogP contribution is 2.51. The van der Waals surface area contributed by atoms with Gasteiger partial charge >= 0.3 is 0 Å². The molecule has 1 aliphatic carbocycles. The molecule has 1 atom stereocenters. The lowest BCUT2D eigenvalue weighted by atomic mass is 9.72. The highest BCUT2D eigenvalue weighted by atomic mass is 16.3. The van der Waals surface area contributed by atoms with Crippen molar-refractivity contribution in [3.63, 3.8) is 0 Å². The SMILES string of the molecule is OC1(C2c3ccccc3-c3cncn32)CCC1. The molecular formula is C14H14N2O. The maximum absolute atomic E-state index is 10.7. The number of fused-ring (bicyclic) bond motifs is 3. The molecule has 0 bridgehead atoms. The van der Waals surface area contributed by atoms with Gasteiger partial charge in [0.05, 0.1) is 29.9 Å². The van der Waals surface area contributed by atoms with E-state index in [1.807, 2.05) is 24.7 Å². The first-order valence-electron chi connectivity index (χ1n) is 6.13. The summed E-state index contributed by atoms with van der Waals surface area (Å²) in [6, 6.07) is 8.40. The molecule has 1 N–H and O–H groups in total. The molecule has 0 radical (unpaired) electrons. The minimum absolute atomic E-state index is 0.0601. The van der Waals surface area contributed by atoms with Crippen molar-refractivity contribution in [2.24, 2.45) is 0 Å². The van der Waals surface area contributed by atoms with Crippen LogP contribution in [0.25, 0.3) is 11.3 Å². The van der Waals surface area contributed by atoms with Gasteiger partial charge in [0, 0.05) is 5.56 Å². The minimum Gasteiger partial charge on any atom is -0.387 e. The van der Waals surface area contributed by atoms with Gasteiger partial charge in [0.15, 0.2) is 0 Å². The lowest BCUT2D eigenvalue weighted by Crippen LogP contribution is -2.44. The van der Waals surface area contributed by atoms with Gasteiger partial charge in [-0.15, -0.1) is 0 Å². The van der Waals surface area contributed by atoms with Crippen LogP contribution in [0.4, 0.5) is 0 Å². The monoisotopic (exact) mass is 226 g/mol. The van der Waals surface area contributed by atoms with Crippen molar-refractivity contribution in [2.45, 2.75) is 30.9 Å². The Balaban J connectivity index is 1.96. The molecule has 0 spiro atoms. The predicted octanol–water partition coefficient (Wildman–Crippen LogP) is 2.37. The summed E-state index contributed by atoms with van der Waals surface area (Å²) in [6.07, 6.45) is 6.64. The Labute approximate surface area is 99.7 Å². The van der Waals surface area contributed by atoms with E-state index in [9.17, 15) is 5.11 Å². The molecular weight excluding hydrogens is 212 g/mol. The molecule has 1 aliphatic heterocycles. The van der Waals surface area contributed by atoms with Crippen LogP contribution >= 0.6 is 0 Å². The summed E-state index contributed by atoms with van der Waals surface area (Å²) in [5, 5.41) is 10.7. The van der Waals surface area contributed by atoms with Gasteiger partial charge in [0.1, 0.15) is 0 Å². The molecule has 1 unspecified atom stereocenters. The fourth-order valence-corrected chi connectivity index (χ4v) is 3.20. The Hall–Kier alpha value is -1.61. The molecule has 0 amide bonds. The zero-order valence-electron chi connectivity index (χ0n) is 9.50. The summed E-state index contributed by atoms with van der Waals surface area (Å²) < 4.78 is 2.13. The van der Waals surface area contributed by atoms with E-state index in [0.717, 1.165) is 25.0 Å². The first kappa shape index (κ1) is 9.42. The molecule has 3 nitrogen and oxygen atoms in total. The number of hydrogen-bond acceptors (Lipinski definition) is 2. The van der Waals surface area contributed by atoms with Crippen LogP contribution in [0, 0.1) is 0 Å². The third kappa shape index (κ3) is 1.07. The Morgan fingerprint density at radius 1 is 1.29 bits per heavy atom. The van der Waals surface area contributed by atoms with Gasteiger partial charge in [-0.3, -0.25) is 0 Å². The lowest BCUT2D eigenvalue weighted by molar-refractivity contribution is -0.0632. The maximum atomic E-state index is 10.7. The van der Waals surface area contributed by atoms with Crippen molar-refractivity contribution in [3.8, 4) is 11.3 Å². The second kappa shape index (κ2) is 2.99. The molecule has 4 rings (SSSR count). The van der Waals surface area contributed by atoms with Crippen LogP contribution in [-0.4, -0.2) is 20.3 Å². The molecule has 86 valence electrons. The van der Waals surface area contributed by atoms with Crippen molar-refractivity contribution in [3.05, 3.63) is 42.4 Å². The summed E-state index contributed by atoms with van der Waals surface area (Å²) in [6.45, 7) is 0. The van der Waals surface area contributed by atoms with Crippen LogP contribution in [0.1, 0.15) is 30.9 Å². The van der Waals surface area contributed by atoms with Crippen molar-refractivity contribution < 1.29 is 5.11 Å². The Bertz CT molecular complexity index is 583. The summed E-state index contributed by atoms with van der Waals surface area (Å²) in [5.74, 6) is 0. The summed E-state index contributed by atoms with van der Waals surface area (Å²) in [5.41, 5.74) is 3.02. The number of aliphatic hydroxyl groups is 1. The van der Waals surface area contributed by atoms with Gasteiger partial charge in [-0.2, -0.15) is 0 Å². The topological polar surface area (TPSA) is 38.1 Å². The van der Waals surface area contributed by atoms with Gasteiger partial charge in [-0.25, -0.2) is 4.98 Å². The molecule has 17 heavy (non-hydrogen) atoms. The van der Waals surface area contributed by atoms with E-state index < -0.39 is 5.60 Å². The zero-order valence-corrected chi connectivity index (χ0v) is 9.50. The van der Waals surface area contributed by atoms with E-state index in [0.29, 0.717) is 0 Å². The fourth-order valence-electron chi connectivity index (χ4n) is 3.20. The van der Waals surface area contributed by atoms with E-state index in [1.165, 1.54) is 11.1 Å². The second-order valence-electron chi connectivity index (χ2n) is 5.13. The van der Waals surface area contributed by atoms with Crippen molar-refractivity contribution in [2.75, 3.05) is 0 Å². The first-order chi connectivity index (χ1) is 8.30. The molecule has 2 heterocycles. The highest BCUT2D eigenvalue weighted by Gasteiger charge is 2.47. The maximum Gasteiger partial charge on any atom is 0.0957 e. The summed E-state index contributed by atoms with van der Waals surface area (Å²) in [7, 11) is 0. The van der Waals surface area contributed by atoms with Crippen molar-refractivity contribution in [1.29, 1.82) is 0 Å². The molecule has 3 heteroatoms. The number of benzene rings is 1. The average molecular weight is 226 g/mol. The van der Waals surface area contributed by atoms with Crippen LogP contribution in [0.5, 0.6) is 0 Å². The average Bonchev–Trinajstić information content (AvgIpc) is 2.85. The van der Waals surface area contributed by atoms with Crippen LogP contribution in [0.2, 0.25) is 0 Å². The number of imidazole rings is 1. The van der Waals surface area contributed by atoms with Crippen molar-refractivity contribution in [1.82, 2.24) is 9.55 Å². The molecule has 2 aliphatic rings. The van der Waals surface area contributed by atoms with E-state index in [1.54, 1.807) is 0 Å². The number of aromatic nitrogens is 2. The Morgan fingerprint density at radius 2 is 2.12 bits per heavy atom. The van der Waals surface area contributed by atoms with E-state index in [4.69, 9.17) is 0 Å². The normalized spacial score (nSPS) is 23.9. The van der Waals surface area contributed by atoms with Gasteiger partial charge in [0.25, 0.3) is 0 Å². The van der Waals surface area contributed by atoms with Crippen LogP contribution < -0.4 is 0 Å². The number of hydrogen-bond donors (Lipinski definition) is 1. The highest BCUT2D eigenvalue weighted by molar-refractivity contribution is 5.69. The standard InChI is InChI=1S/C14H14N2O/c17-14(6-3-7-14)13-11-5-2-1-4-10(11)12-8-15-9-16(12)13/h1-2,4-5,8-9,13,17H,3,6-7H2. The third-order valence-corrected chi connectivity index (χ3v) is 4.20. The van der Waals surface area contributed by atoms with Crippen LogP contribution in [0.3, 0.4) is 0 Å². The molecule has 1 aromatic heterocycles. The minimum atomic E-state index is -0.567. The third-order valence-electron chi connectivity index (χ3n) is 4.20. The van der Waals surface area contributed by atoms with Crippen LogP contribution in [0.15, 0.2) is 36.8 Å². The largest absolute Gasteiger partial charge is 0.387 e. The van der Waals surface area contributed by atoms with Gasteiger partial charge in [-0.1, -0.05) is 24.3 Å². The van der Waals surface area contributed by atoms with Gasteiger partial charge < -0.3 is 9.67 Å². The van der Waals surface area contributed by atoms with Gasteiger partial charge in [-0.05, 0) is 24.8 Å². The molecule has 1 saturated carbocycles. The van der Waals surface area contributed by atoms with Gasteiger partial charge in [0.2, 0.25) is 0 Å². The summed E-state index contributed by atoms with van der Waals surface area (Å²) in [4.78, 5) is 4.22. The Morgan fingerprint density at radius 3 is 2.88 bits per heavy atom. The molecule has 2 aromatic rings. The van der Waals surface area contributed by atoms with Crippen molar-refractivity contribution >= 4 is 0 Å². The fraction of sp³-hybridized carbons (Fsp3) is 0.357. The second-order valence-corrected chi connectivity index (χ2v) is 5.13. The zero-order chi connectivity index (χ0) is 11.5. The molecule has 0 saturated heterocycles. The molecule has 1 aromatic carbocycles. The Kier molecular flexibility index (Phi) is 1.66. The lowest BCUT2D eigenvalue weighted by Gasteiger charge is -2.42. The van der Waals surface area contributed by atoms with E-state index >= 15 is 0 Å². The smallest absolute Gasteiger partial charge is 0.0957 e. The quantitative estimate of drug-likeness (QED) is 0.810.